The molecule has 1 aromatic carbocycles. The Balaban J connectivity index is 2.05. The van der Waals surface area contributed by atoms with Gasteiger partial charge in [-0.2, -0.15) is 0 Å². The zero-order valence-corrected chi connectivity index (χ0v) is 13.0. The number of ether oxygens (including phenoxy) is 1. The molecule has 118 valence electrons. The van der Waals surface area contributed by atoms with Gasteiger partial charge in [-0.1, -0.05) is 13.3 Å². The number of benzene rings is 1. The van der Waals surface area contributed by atoms with E-state index < -0.39 is 10.0 Å². The summed E-state index contributed by atoms with van der Waals surface area (Å²) in [6, 6.07) is 5.86. The molecule has 1 aromatic heterocycles. The van der Waals surface area contributed by atoms with E-state index in [0.29, 0.717) is 18.0 Å². The summed E-state index contributed by atoms with van der Waals surface area (Å²) in [6.07, 6.45) is 4.83. The summed E-state index contributed by atoms with van der Waals surface area (Å²) in [5.74, 6) is 0.489. The van der Waals surface area contributed by atoms with Crippen LogP contribution in [0.3, 0.4) is 0 Å². The number of sulfonamides is 1. The minimum Gasteiger partial charge on any atom is -0.490 e. The van der Waals surface area contributed by atoms with E-state index >= 15 is 0 Å². The van der Waals surface area contributed by atoms with Crippen molar-refractivity contribution < 1.29 is 13.2 Å². The number of aromatic nitrogens is 2. The van der Waals surface area contributed by atoms with Gasteiger partial charge in [0.2, 0.25) is 5.95 Å². The Hall–Kier alpha value is -2.35. The molecular weight excluding hydrogens is 304 g/mol. The standard InChI is InChI=1S/C14H18N4O3S/c1-2-3-8-21-12-9-16-14(17-10-12)18-22(19,20)13-6-4-11(15)5-7-13/h4-7,9-10H,2-3,8,15H2,1H3,(H,16,17,18). The number of nitrogens with zero attached hydrogens (tertiary/aromatic N) is 2. The monoisotopic (exact) mass is 322 g/mol. The highest BCUT2D eigenvalue weighted by Crippen LogP contribution is 2.16. The minimum atomic E-state index is -3.74. The first-order valence-electron chi connectivity index (χ1n) is 6.84. The van der Waals surface area contributed by atoms with Crippen LogP contribution < -0.4 is 15.2 Å². The first kappa shape index (κ1) is 16.0. The Kier molecular flexibility index (Phi) is 5.16. The molecule has 0 radical (unpaired) electrons. The molecule has 0 saturated heterocycles. The van der Waals surface area contributed by atoms with Crippen molar-refractivity contribution in [2.24, 2.45) is 0 Å². The van der Waals surface area contributed by atoms with E-state index in [4.69, 9.17) is 10.5 Å². The second-order valence-electron chi connectivity index (χ2n) is 4.62. The van der Waals surface area contributed by atoms with Gasteiger partial charge in [-0.25, -0.2) is 23.1 Å². The quantitative estimate of drug-likeness (QED) is 0.596. The molecule has 0 unspecified atom stereocenters. The predicted molar refractivity (Wildman–Crippen MR) is 84.1 cm³/mol. The molecule has 1 heterocycles. The highest BCUT2D eigenvalue weighted by molar-refractivity contribution is 7.92. The van der Waals surface area contributed by atoms with Crippen molar-refractivity contribution in [2.75, 3.05) is 17.1 Å². The van der Waals surface area contributed by atoms with Gasteiger partial charge in [0.05, 0.1) is 23.9 Å². The molecule has 0 saturated carbocycles. The normalized spacial score (nSPS) is 11.1. The molecule has 8 heteroatoms. The number of nitrogens with two attached hydrogens (primary N) is 1. The molecule has 0 fully saturated rings. The van der Waals surface area contributed by atoms with Crippen molar-refractivity contribution in [1.82, 2.24) is 9.97 Å². The fourth-order valence-corrected chi connectivity index (χ4v) is 2.56. The third-order valence-electron chi connectivity index (χ3n) is 2.81. The second kappa shape index (κ2) is 7.08. The molecule has 2 rings (SSSR count). The van der Waals surface area contributed by atoms with Crippen LogP contribution >= 0.6 is 0 Å². The summed E-state index contributed by atoms with van der Waals surface area (Å²) >= 11 is 0. The van der Waals surface area contributed by atoms with Crippen LogP contribution in [0.1, 0.15) is 19.8 Å². The predicted octanol–water partition coefficient (Wildman–Crippen LogP) is 2.04. The molecule has 0 aliphatic carbocycles. The Morgan fingerprint density at radius 1 is 1.18 bits per heavy atom. The van der Waals surface area contributed by atoms with Gasteiger partial charge in [-0.3, -0.25) is 0 Å². The van der Waals surface area contributed by atoms with E-state index in [2.05, 4.69) is 21.6 Å². The fraction of sp³-hybridized carbons (Fsp3) is 0.286. The Morgan fingerprint density at radius 2 is 1.82 bits per heavy atom. The van der Waals surface area contributed by atoms with Gasteiger partial charge < -0.3 is 10.5 Å². The molecule has 0 aliphatic rings. The summed E-state index contributed by atoms with van der Waals surface area (Å²) in [4.78, 5) is 7.96. The molecule has 3 N–H and O–H groups in total. The zero-order chi connectivity index (χ0) is 16.0. The number of hydrogen-bond acceptors (Lipinski definition) is 6. The second-order valence-corrected chi connectivity index (χ2v) is 6.30. The van der Waals surface area contributed by atoms with E-state index in [1.807, 2.05) is 0 Å². The van der Waals surface area contributed by atoms with Gasteiger partial charge in [0.25, 0.3) is 10.0 Å². The third-order valence-corrected chi connectivity index (χ3v) is 4.15. The summed E-state index contributed by atoms with van der Waals surface area (Å²) < 4.78 is 32.0. The van der Waals surface area contributed by atoms with Crippen LogP contribution in [0.4, 0.5) is 11.6 Å². The van der Waals surface area contributed by atoms with Crippen LogP contribution in [0.15, 0.2) is 41.6 Å². The Morgan fingerprint density at radius 3 is 2.41 bits per heavy atom. The number of nitrogens with one attached hydrogen (secondary N) is 1. The highest BCUT2D eigenvalue weighted by Gasteiger charge is 2.15. The topological polar surface area (TPSA) is 107 Å². The minimum absolute atomic E-state index is 0.0142. The molecule has 2 aromatic rings. The zero-order valence-electron chi connectivity index (χ0n) is 12.2. The van der Waals surface area contributed by atoms with Crippen LogP contribution in [-0.2, 0) is 10.0 Å². The van der Waals surface area contributed by atoms with Crippen molar-refractivity contribution in [3.05, 3.63) is 36.7 Å². The largest absolute Gasteiger partial charge is 0.490 e. The molecule has 0 amide bonds. The maximum absolute atomic E-state index is 12.1. The summed E-state index contributed by atoms with van der Waals surface area (Å²) in [5, 5.41) is 0. The number of nitrogen functional groups attached to an aromatic ring is 1. The lowest BCUT2D eigenvalue weighted by Crippen LogP contribution is -2.15. The maximum Gasteiger partial charge on any atom is 0.264 e. The Bertz CT molecular complexity index is 700. The number of hydrogen-bond donors (Lipinski definition) is 2. The molecule has 0 aliphatic heterocycles. The Labute approximate surface area is 129 Å². The smallest absolute Gasteiger partial charge is 0.264 e. The van der Waals surface area contributed by atoms with Gasteiger partial charge >= 0.3 is 0 Å². The van der Waals surface area contributed by atoms with Crippen LogP contribution in [0.2, 0.25) is 0 Å². The van der Waals surface area contributed by atoms with Crippen molar-refractivity contribution in [2.45, 2.75) is 24.7 Å². The lowest BCUT2D eigenvalue weighted by molar-refractivity contribution is 0.307. The summed E-state index contributed by atoms with van der Waals surface area (Å²) in [7, 11) is -3.74. The highest BCUT2D eigenvalue weighted by atomic mass is 32.2. The van der Waals surface area contributed by atoms with Gasteiger partial charge in [0, 0.05) is 5.69 Å². The van der Waals surface area contributed by atoms with Crippen molar-refractivity contribution in [3.63, 3.8) is 0 Å². The van der Waals surface area contributed by atoms with E-state index in [0.717, 1.165) is 12.8 Å². The van der Waals surface area contributed by atoms with Gasteiger partial charge in [-0.15, -0.1) is 0 Å². The first-order valence-corrected chi connectivity index (χ1v) is 8.33. The van der Waals surface area contributed by atoms with Gasteiger partial charge in [-0.05, 0) is 30.7 Å². The van der Waals surface area contributed by atoms with Crippen LogP contribution in [0, 0.1) is 0 Å². The maximum atomic E-state index is 12.1. The van der Waals surface area contributed by atoms with Crippen LogP contribution in [0.5, 0.6) is 5.75 Å². The molecule has 7 nitrogen and oxygen atoms in total. The van der Waals surface area contributed by atoms with E-state index in [9.17, 15) is 8.42 Å². The summed E-state index contributed by atoms with van der Waals surface area (Å²) in [6.45, 7) is 2.64. The SMILES string of the molecule is CCCCOc1cnc(NS(=O)(=O)c2ccc(N)cc2)nc1. The van der Waals surface area contributed by atoms with Gasteiger partial charge in [0.1, 0.15) is 0 Å². The van der Waals surface area contributed by atoms with E-state index in [1.165, 1.54) is 36.7 Å². The first-order chi connectivity index (χ1) is 10.5. The number of anilines is 2. The average molecular weight is 322 g/mol. The summed E-state index contributed by atoms with van der Waals surface area (Å²) in [5.41, 5.74) is 6.02. The molecule has 0 spiro atoms. The molecule has 22 heavy (non-hydrogen) atoms. The average Bonchev–Trinajstić information content (AvgIpc) is 2.49. The van der Waals surface area contributed by atoms with Crippen molar-refractivity contribution in [3.8, 4) is 5.75 Å². The number of unbranched alkanes of at least 4 members (excludes halogenated alkanes) is 1. The van der Waals surface area contributed by atoms with Gasteiger partial charge in [0.15, 0.2) is 5.75 Å². The van der Waals surface area contributed by atoms with E-state index in [-0.39, 0.29) is 10.8 Å². The fourth-order valence-electron chi connectivity index (χ4n) is 1.60. The van der Waals surface area contributed by atoms with Crippen LogP contribution in [0.25, 0.3) is 0 Å². The van der Waals surface area contributed by atoms with Crippen molar-refractivity contribution in [1.29, 1.82) is 0 Å². The third kappa shape index (κ3) is 4.32. The molecule has 0 atom stereocenters. The lowest BCUT2D eigenvalue weighted by atomic mass is 10.3. The van der Waals surface area contributed by atoms with Crippen LogP contribution in [-0.4, -0.2) is 25.0 Å². The molecule has 0 bridgehead atoms. The number of rotatable bonds is 7. The van der Waals surface area contributed by atoms with Crippen molar-refractivity contribution >= 4 is 21.7 Å². The lowest BCUT2D eigenvalue weighted by Gasteiger charge is -2.08. The van der Waals surface area contributed by atoms with E-state index in [1.54, 1.807) is 0 Å². The molecular formula is C14H18N4O3S.